The second kappa shape index (κ2) is 4.47. The van der Waals surface area contributed by atoms with Crippen LogP contribution in [0.15, 0.2) is 18.2 Å². The van der Waals surface area contributed by atoms with Gasteiger partial charge in [-0.3, -0.25) is 0 Å². The second-order valence-corrected chi connectivity index (χ2v) is 4.34. The summed E-state index contributed by atoms with van der Waals surface area (Å²) >= 11 is 0. The minimum atomic E-state index is -4.05. The molecule has 1 aromatic carbocycles. The predicted molar refractivity (Wildman–Crippen MR) is 62.1 cm³/mol. The summed E-state index contributed by atoms with van der Waals surface area (Å²) in [5, 5.41) is 0. The van der Waals surface area contributed by atoms with Crippen molar-refractivity contribution in [2.75, 3.05) is 23.7 Å². The van der Waals surface area contributed by atoms with E-state index in [-0.39, 0.29) is 6.42 Å². The SMILES string of the molecule is Nc1ccc2c(c1)CCN2CCCC(F)(F)F. The molecule has 1 aromatic rings. The molecule has 0 atom stereocenters. The van der Waals surface area contributed by atoms with E-state index in [9.17, 15) is 13.2 Å². The van der Waals surface area contributed by atoms with Crippen molar-refractivity contribution in [2.45, 2.75) is 25.4 Å². The highest BCUT2D eigenvalue weighted by molar-refractivity contribution is 5.62. The third-order valence-electron chi connectivity index (χ3n) is 2.98. The van der Waals surface area contributed by atoms with Gasteiger partial charge in [0.25, 0.3) is 0 Å². The van der Waals surface area contributed by atoms with Gasteiger partial charge in [-0.25, -0.2) is 0 Å². The molecule has 0 saturated carbocycles. The number of anilines is 2. The quantitative estimate of drug-likeness (QED) is 0.828. The van der Waals surface area contributed by atoms with Crippen LogP contribution in [-0.4, -0.2) is 19.3 Å². The number of hydrogen-bond acceptors (Lipinski definition) is 2. The molecule has 1 aliphatic rings. The Kier molecular flexibility index (Phi) is 3.17. The Morgan fingerprint density at radius 1 is 1.29 bits per heavy atom. The molecule has 94 valence electrons. The molecule has 0 unspecified atom stereocenters. The van der Waals surface area contributed by atoms with Crippen molar-refractivity contribution in [2.24, 2.45) is 0 Å². The number of nitrogens with zero attached hydrogens (tertiary/aromatic N) is 1. The molecule has 2 N–H and O–H groups in total. The van der Waals surface area contributed by atoms with Crippen LogP contribution >= 0.6 is 0 Å². The molecule has 1 aliphatic heterocycles. The number of nitrogen functional groups attached to an aromatic ring is 1. The number of alkyl halides is 3. The molecule has 0 aromatic heterocycles. The van der Waals surface area contributed by atoms with Crippen LogP contribution in [0.1, 0.15) is 18.4 Å². The first kappa shape index (κ1) is 12.1. The van der Waals surface area contributed by atoms with Gasteiger partial charge in [-0.15, -0.1) is 0 Å². The first-order chi connectivity index (χ1) is 7.96. The van der Waals surface area contributed by atoms with E-state index in [1.165, 1.54) is 0 Å². The van der Waals surface area contributed by atoms with Gasteiger partial charge in [-0.1, -0.05) is 0 Å². The number of nitrogens with two attached hydrogens (primary N) is 1. The van der Waals surface area contributed by atoms with Gasteiger partial charge in [0.05, 0.1) is 0 Å². The zero-order chi connectivity index (χ0) is 12.5. The molecule has 17 heavy (non-hydrogen) atoms. The molecule has 0 saturated heterocycles. The van der Waals surface area contributed by atoms with Gasteiger partial charge in [0.15, 0.2) is 0 Å². The molecule has 0 aliphatic carbocycles. The van der Waals surface area contributed by atoms with Crippen LogP contribution in [0.2, 0.25) is 0 Å². The first-order valence-electron chi connectivity index (χ1n) is 5.66. The minimum Gasteiger partial charge on any atom is -0.399 e. The normalized spacial score (nSPS) is 15.1. The Labute approximate surface area is 98.2 Å². The summed E-state index contributed by atoms with van der Waals surface area (Å²) in [7, 11) is 0. The van der Waals surface area contributed by atoms with E-state index in [0.29, 0.717) is 12.2 Å². The van der Waals surface area contributed by atoms with Crippen LogP contribution in [0.3, 0.4) is 0 Å². The average Bonchev–Trinajstić information content (AvgIpc) is 2.59. The number of benzene rings is 1. The maximum atomic E-state index is 12.0. The van der Waals surface area contributed by atoms with Gasteiger partial charge in [0.1, 0.15) is 0 Å². The lowest BCUT2D eigenvalue weighted by molar-refractivity contribution is -0.135. The van der Waals surface area contributed by atoms with Crippen LogP contribution < -0.4 is 10.6 Å². The summed E-state index contributed by atoms with van der Waals surface area (Å²) in [5.41, 5.74) is 8.54. The van der Waals surface area contributed by atoms with Gasteiger partial charge >= 0.3 is 6.18 Å². The lowest BCUT2D eigenvalue weighted by Gasteiger charge is -2.19. The molecule has 2 nitrogen and oxygen atoms in total. The molecule has 0 radical (unpaired) electrons. The Morgan fingerprint density at radius 2 is 2.06 bits per heavy atom. The third-order valence-corrected chi connectivity index (χ3v) is 2.98. The second-order valence-electron chi connectivity index (χ2n) is 4.34. The fraction of sp³-hybridized carbons (Fsp3) is 0.500. The van der Waals surface area contributed by atoms with Crippen LogP contribution in [0, 0.1) is 0 Å². The largest absolute Gasteiger partial charge is 0.399 e. The Balaban J connectivity index is 1.94. The number of rotatable bonds is 3. The molecule has 0 fully saturated rings. The Hall–Kier alpha value is -1.39. The van der Waals surface area contributed by atoms with Crippen molar-refractivity contribution in [3.8, 4) is 0 Å². The maximum Gasteiger partial charge on any atom is 0.389 e. The van der Waals surface area contributed by atoms with Crippen molar-refractivity contribution in [3.05, 3.63) is 23.8 Å². The monoisotopic (exact) mass is 244 g/mol. The molecule has 5 heteroatoms. The smallest absolute Gasteiger partial charge is 0.389 e. The molecule has 2 rings (SSSR count). The molecule has 1 heterocycles. The maximum absolute atomic E-state index is 12.0. The topological polar surface area (TPSA) is 29.3 Å². The third kappa shape index (κ3) is 3.05. The fourth-order valence-electron chi connectivity index (χ4n) is 2.19. The Morgan fingerprint density at radius 3 is 2.76 bits per heavy atom. The van der Waals surface area contributed by atoms with Gasteiger partial charge in [0.2, 0.25) is 0 Å². The first-order valence-corrected chi connectivity index (χ1v) is 5.66. The number of fused-ring (bicyclic) bond motifs is 1. The summed E-state index contributed by atoms with van der Waals surface area (Å²) < 4.78 is 36.1. The lowest BCUT2D eigenvalue weighted by Crippen LogP contribution is -2.23. The van der Waals surface area contributed by atoms with Gasteiger partial charge in [-0.05, 0) is 36.6 Å². The zero-order valence-corrected chi connectivity index (χ0v) is 9.43. The van der Waals surface area contributed by atoms with Gasteiger partial charge in [0, 0.05) is 30.9 Å². The molecular weight excluding hydrogens is 229 g/mol. The predicted octanol–water partition coefficient (Wildman–Crippen LogP) is 2.97. The molecule has 0 amide bonds. The van der Waals surface area contributed by atoms with Crippen molar-refractivity contribution < 1.29 is 13.2 Å². The van der Waals surface area contributed by atoms with Gasteiger partial charge < -0.3 is 10.6 Å². The van der Waals surface area contributed by atoms with E-state index < -0.39 is 12.6 Å². The highest BCUT2D eigenvalue weighted by Crippen LogP contribution is 2.30. The summed E-state index contributed by atoms with van der Waals surface area (Å²) in [6.45, 7) is 1.24. The summed E-state index contributed by atoms with van der Waals surface area (Å²) in [5.74, 6) is 0. The van der Waals surface area contributed by atoms with E-state index in [2.05, 4.69) is 0 Å². The van der Waals surface area contributed by atoms with E-state index in [4.69, 9.17) is 5.73 Å². The number of halogens is 3. The molecule has 0 spiro atoms. The van der Waals surface area contributed by atoms with Gasteiger partial charge in [-0.2, -0.15) is 13.2 Å². The highest BCUT2D eigenvalue weighted by Gasteiger charge is 2.27. The summed E-state index contributed by atoms with van der Waals surface area (Å²) in [4.78, 5) is 2.00. The standard InChI is InChI=1S/C12H15F3N2/c13-12(14,15)5-1-6-17-7-4-9-8-10(16)2-3-11(9)17/h2-3,8H,1,4-7,16H2. The highest BCUT2D eigenvalue weighted by atomic mass is 19.4. The van der Waals surface area contributed by atoms with Crippen molar-refractivity contribution in [1.82, 2.24) is 0 Å². The lowest BCUT2D eigenvalue weighted by atomic mass is 10.1. The summed E-state index contributed by atoms with van der Waals surface area (Å²) in [6, 6.07) is 5.59. The van der Waals surface area contributed by atoms with Crippen molar-refractivity contribution in [3.63, 3.8) is 0 Å². The van der Waals surface area contributed by atoms with Crippen LogP contribution in [0.4, 0.5) is 24.5 Å². The number of hydrogen-bond donors (Lipinski definition) is 1. The van der Waals surface area contributed by atoms with E-state index >= 15 is 0 Å². The molecule has 0 bridgehead atoms. The minimum absolute atomic E-state index is 0.146. The van der Waals surface area contributed by atoms with E-state index in [0.717, 1.165) is 24.2 Å². The zero-order valence-electron chi connectivity index (χ0n) is 9.43. The summed E-state index contributed by atoms with van der Waals surface area (Å²) in [6.07, 6.45) is -3.75. The van der Waals surface area contributed by atoms with Crippen LogP contribution in [-0.2, 0) is 6.42 Å². The van der Waals surface area contributed by atoms with Crippen molar-refractivity contribution >= 4 is 11.4 Å². The Bertz CT molecular complexity index is 401. The fourth-order valence-corrected chi connectivity index (χ4v) is 2.19. The van der Waals surface area contributed by atoms with Crippen LogP contribution in [0.5, 0.6) is 0 Å². The van der Waals surface area contributed by atoms with Crippen LogP contribution in [0.25, 0.3) is 0 Å². The van der Waals surface area contributed by atoms with E-state index in [1.54, 1.807) is 6.07 Å². The van der Waals surface area contributed by atoms with E-state index in [1.807, 2.05) is 17.0 Å². The average molecular weight is 244 g/mol. The molecular formula is C12H15F3N2. The van der Waals surface area contributed by atoms with Crippen molar-refractivity contribution in [1.29, 1.82) is 0 Å².